The van der Waals surface area contributed by atoms with E-state index in [0.29, 0.717) is 0 Å². The Morgan fingerprint density at radius 3 is 2.33 bits per heavy atom. The number of halogens is 1. The second kappa shape index (κ2) is 3.63. The molecule has 0 saturated carbocycles. The van der Waals surface area contributed by atoms with Crippen LogP contribution in [0.5, 0.6) is 0 Å². The zero-order chi connectivity index (χ0) is 11.1. The van der Waals surface area contributed by atoms with E-state index in [1.807, 2.05) is 38.1 Å². The van der Waals surface area contributed by atoms with E-state index < -0.39 is 0 Å². The minimum Gasteiger partial charge on any atom is -0.623 e. The molecule has 1 aliphatic rings. The van der Waals surface area contributed by atoms with Crippen LogP contribution in [0, 0.1) is 5.21 Å². The Bertz CT molecular complexity index is 406. The average Bonchev–Trinajstić information content (AvgIpc) is 2.45. The van der Waals surface area contributed by atoms with Gasteiger partial charge in [0.1, 0.15) is 0 Å². The Balaban J connectivity index is 2.41. The van der Waals surface area contributed by atoms with Crippen LogP contribution in [0.15, 0.2) is 28.7 Å². The van der Waals surface area contributed by atoms with Crippen LogP contribution < -0.4 is 0 Å². The predicted molar refractivity (Wildman–Crippen MR) is 65.2 cm³/mol. The largest absolute Gasteiger partial charge is 0.623 e. The molecule has 0 bridgehead atoms. The van der Waals surface area contributed by atoms with Crippen molar-refractivity contribution in [3.05, 3.63) is 39.5 Å². The summed E-state index contributed by atoms with van der Waals surface area (Å²) in [6.07, 6.45) is 1.81. The molecule has 0 N–H and O–H groups in total. The fourth-order valence-corrected chi connectivity index (χ4v) is 2.16. The maximum absolute atomic E-state index is 12.0. The molecule has 0 radical (unpaired) electrons. The Morgan fingerprint density at radius 2 is 1.87 bits per heavy atom. The predicted octanol–water partition coefficient (Wildman–Crippen LogP) is 3.32. The molecule has 0 atom stereocenters. The van der Waals surface area contributed by atoms with Crippen LogP contribution in [0.1, 0.15) is 32.3 Å². The zero-order valence-electron chi connectivity index (χ0n) is 8.96. The summed E-state index contributed by atoms with van der Waals surface area (Å²) in [5, 5.41) is 12.0. The van der Waals surface area contributed by atoms with Crippen LogP contribution in [-0.2, 0) is 0 Å². The SMILES string of the molecule is CC1(C)CCC(c2ccc(Br)cc2)=[N+]1[O-]. The topological polar surface area (TPSA) is 26.1 Å². The number of benzene rings is 1. The van der Waals surface area contributed by atoms with E-state index in [1.165, 1.54) is 0 Å². The van der Waals surface area contributed by atoms with Crippen LogP contribution >= 0.6 is 15.9 Å². The van der Waals surface area contributed by atoms with Gasteiger partial charge in [0, 0.05) is 36.7 Å². The van der Waals surface area contributed by atoms with Gasteiger partial charge in [-0.25, -0.2) is 4.74 Å². The highest BCUT2D eigenvalue weighted by Crippen LogP contribution is 2.26. The van der Waals surface area contributed by atoms with Crippen molar-refractivity contribution in [1.29, 1.82) is 0 Å². The van der Waals surface area contributed by atoms with E-state index in [9.17, 15) is 5.21 Å². The molecular weight excluding hydrogens is 254 g/mol. The van der Waals surface area contributed by atoms with Gasteiger partial charge in [0.05, 0.1) is 0 Å². The molecule has 0 aliphatic carbocycles. The molecule has 0 spiro atoms. The van der Waals surface area contributed by atoms with Gasteiger partial charge < -0.3 is 5.21 Å². The van der Waals surface area contributed by atoms with Gasteiger partial charge in [-0.15, -0.1) is 0 Å². The molecule has 1 heterocycles. The molecule has 0 saturated heterocycles. The normalized spacial score (nSPS) is 19.7. The fourth-order valence-electron chi connectivity index (χ4n) is 1.90. The molecule has 2 rings (SSSR count). The summed E-state index contributed by atoms with van der Waals surface area (Å²) in [4.78, 5) is 0. The number of hydrogen-bond acceptors (Lipinski definition) is 1. The zero-order valence-corrected chi connectivity index (χ0v) is 10.5. The molecular formula is C12H14BrNO. The Kier molecular flexibility index (Phi) is 2.59. The van der Waals surface area contributed by atoms with E-state index in [-0.39, 0.29) is 5.54 Å². The first-order valence-electron chi connectivity index (χ1n) is 5.10. The monoisotopic (exact) mass is 267 g/mol. The second-order valence-corrected chi connectivity index (χ2v) is 5.48. The summed E-state index contributed by atoms with van der Waals surface area (Å²) in [6.45, 7) is 3.98. The van der Waals surface area contributed by atoms with Crippen molar-refractivity contribution in [2.24, 2.45) is 0 Å². The lowest BCUT2D eigenvalue weighted by atomic mass is 10.0. The third-order valence-corrected chi connectivity index (χ3v) is 3.47. The number of hydroxylamine groups is 1. The summed E-state index contributed by atoms with van der Waals surface area (Å²) in [7, 11) is 0. The van der Waals surface area contributed by atoms with Crippen LogP contribution in [0.3, 0.4) is 0 Å². The van der Waals surface area contributed by atoms with Crippen LogP contribution in [0.4, 0.5) is 0 Å². The van der Waals surface area contributed by atoms with Gasteiger partial charge in [0.25, 0.3) is 0 Å². The first-order valence-corrected chi connectivity index (χ1v) is 5.89. The lowest BCUT2D eigenvalue weighted by molar-refractivity contribution is -0.530. The molecule has 0 amide bonds. The van der Waals surface area contributed by atoms with Crippen molar-refractivity contribution in [2.45, 2.75) is 32.2 Å². The van der Waals surface area contributed by atoms with Crippen molar-refractivity contribution in [2.75, 3.05) is 0 Å². The molecule has 15 heavy (non-hydrogen) atoms. The summed E-state index contributed by atoms with van der Waals surface area (Å²) >= 11 is 3.39. The van der Waals surface area contributed by atoms with Gasteiger partial charge >= 0.3 is 0 Å². The molecule has 1 aromatic carbocycles. The Labute approximate surface area is 98.3 Å². The fraction of sp³-hybridized carbons (Fsp3) is 0.417. The van der Waals surface area contributed by atoms with Crippen LogP contribution in [0.25, 0.3) is 0 Å². The lowest BCUT2D eigenvalue weighted by Crippen LogP contribution is -2.29. The third kappa shape index (κ3) is 1.93. The number of nitrogens with zero attached hydrogens (tertiary/aromatic N) is 1. The van der Waals surface area contributed by atoms with Crippen molar-refractivity contribution < 1.29 is 4.74 Å². The maximum Gasteiger partial charge on any atom is 0.195 e. The molecule has 3 heteroatoms. The highest BCUT2D eigenvalue weighted by Gasteiger charge is 2.36. The summed E-state index contributed by atoms with van der Waals surface area (Å²) < 4.78 is 2.21. The van der Waals surface area contributed by atoms with Gasteiger partial charge in [-0.3, -0.25) is 0 Å². The first kappa shape index (κ1) is 10.7. The molecule has 80 valence electrons. The number of rotatable bonds is 1. The highest BCUT2D eigenvalue weighted by molar-refractivity contribution is 9.10. The van der Waals surface area contributed by atoms with Gasteiger partial charge in [0.2, 0.25) is 0 Å². The first-order chi connectivity index (χ1) is 7.00. The summed E-state index contributed by atoms with van der Waals surface area (Å²) in [5.74, 6) is 0. The molecule has 2 nitrogen and oxygen atoms in total. The van der Waals surface area contributed by atoms with E-state index >= 15 is 0 Å². The Morgan fingerprint density at radius 1 is 1.27 bits per heavy atom. The van der Waals surface area contributed by atoms with Gasteiger partial charge in [-0.2, -0.15) is 0 Å². The van der Waals surface area contributed by atoms with Crippen molar-refractivity contribution >= 4 is 21.6 Å². The minimum absolute atomic E-state index is 0.248. The third-order valence-electron chi connectivity index (χ3n) is 2.95. The second-order valence-electron chi connectivity index (χ2n) is 4.56. The van der Waals surface area contributed by atoms with Gasteiger partial charge in [0.15, 0.2) is 11.3 Å². The summed E-state index contributed by atoms with van der Waals surface area (Å²) in [5.41, 5.74) is 1.70. The van der Waals surface area contributed by atoms with E-state index in [0.717, 1.165) is 33.3 Å². The molecule has 1 aromatic rings. The molecule has 0 unspecified atom stereocenters. The molecule has 1 aliphatic heterocycles. The lowest BCUT2D eigenvalue weighted by Gasteiger charge is -2.18. The van der Waals surface area contributed by atoms with Gasteiger partial charge in [-0.1, -0.05) is 15.9 Å². The number of hydrogen-bond donors (Lipinski definition) is 0. The minimum atomic E-state index is -0.248. The van der Waals surface area contributed by atoms with Crippen molar-refractivity contribution in [1.82, 2.24) is 0 Å². The average molecular weight is 268 g/mol. The van der Waals surface area contributed by atoms with Crippen LogP contribution in [0.2, 0.25) is 0 Å². The standard InChI is InChI=1S/C12H14BrNO/c1-12(2)8-7-11(14(12)15)9-3-5-10(13)6-4-9/h3-6H,7-8H2,1-2H3. The quantitative estimate of drug-likeness (QED) is 0.566. The van der Waals surface area contributed by atoms with E-state index in [4.69, 9.17) is 0 Å². The molecule has 0 fully saturated rings. The van der Waals surface area contributed by atoms with E-state index in [1.54, 1.807) is 0 Å². The van der Waals surface area contributed by atoms with E-state index in [2.05, 4.69) is 15.9 Å². The Hall–Kier alpha value is -0.830. The van der Waals surface area contributed by atoms with Gasteiger partial charge in [-0.05, 0) is 24.3 Å². The van der Waals surface area contributed by atoms with Crippen LogP contribution in [-0.4, -0.2) is 16.0 Å². The highest BCUT2D eigenvalue weighted by atomic mass is 79.9. The smallest absolute Gasteiger partial charge is 0.195 e. The van der Waals surface area contributed by atoms with Crippen molar-refractivity contribution in [3.8, 4) is 0 Å². The summed E-state index contributed by atoms with van der Waals surface area (Å²) in [6, 6.07) is 7.93. The van der Waals surface area contributed by atoms with Crippen molar-refractivity contribution in [3.63, 3.8) is 0 Å². The molecule has 0 aromatic heterocycles. The maximum atomic E-state index is 12.0.